The second kappa shape index (κ2) is 5.60. The van der Waals surface area contributed by atoms with E-state index in [2.05, 4.69) is 29.9 Å². The number of nitrogens with two attached hydrogens (primary N) is 1. The van der Waals surface area contributed by atoms with Crippen molar-refractivity contribution in [2.24, 2.45) is 11.7 Å². The molecular formula is C11H19N3. The van der Waals surface area contributed by atoms with E-state index in [1.165, 1.54) is 0 Å². The van der Waals surface area contributed by atoms with Gasteiger partial charge in [-0.25, -0.2) is 0 Å². The SMILES string of the molecule is CCC(CN)CN(C)c1cccnc1. The first kappa shape index (κ1) is 11.0. The van der Waals surface area contributed by atoms with E-state index < -0.39 is 0 Å². The lowest BCUT2D eigenvalue weighted by molar-refractivity contribution is 0.521. The van der Waals surface area contributed by atoms with Crippen LogP contribution < -0.4 is 10.6 Å². The van der Waals surface area contributed by atoms with Crippen LogP contribution in [0.1, 0.15) is 13.3 Å². The molecule has 0 aliphatic carbocycles. The van der Waals surface area contributed by atoms with E-state index in [9.17, 15) is 0 Å². The number of rotatable bonds is 5. The van der Waals surface area contributed by atoms with Crippen molar-refractivity contribution in [3.05, 3.63) is 24.5 Å². The molecular weight excluding hydrogens is 174 g/mol. The Kier molecular flexibility index (Phi) is 4.40. The van der Waals surface area contributed by atoms with E-state index in [4.69, 9.17) is 5.73 Å². The average molecular weight is 193 g/mol. The smallest absolute Gasteiger partial charge is 0.0550 e. The van der Waals surface area contributed by atoms with Gasteiger partial charge in [-0.2, -0.15) is 0 Å². The minimum atomic E-state index is 0.570. The average Bonchev–Trinajstić information content (AvgIpc) is 2.26. The summed E-state index contributed by atoms with van der Waals surface area (Å²) in [4.78, 5) is 6.29. The van der Waals surface area contributed by atoms with Crippen LogP contribution in [-0.4, -0.2) is 25.1 Å². The Morgan fingerprint density at radius 1 is 1.57 bits per heavy atom. The van der Waals surface area contributed by atoms with Crippen LogP contribution in [-0.2, 0) is 0 Å². The molecule has 0 fully saturated rings. The Morgan fingerprint density at radius 2 is 2.36 bits per heavy atom. The molecule has 78 valence electrons. The summed E-state index contributed by atoms with van der Waals surface area (Å²) < 4.78 is 0. The molecule has 1 rings (SSSR count). The molecule has 14 heavy (non-hydrogen) atoms. The molecule has 0 radical (unpaired) electrons. The summed E-state index contributed by atoms with van der Waals surface area (Å²) in [5.41, 5.74) is 6.82. The normalized spacial score (nSPS) is 12.5. The topological polar surface area (TPSA) is 42.1 Å². The molecule has 0 aliphatic heterocycles. The standard InChI is InChI=1S/C11H19N3/c1-3-10(7-12)9-14(2)11-5-4-6-13-8-11/h4-6,8,10H,3,7,9,12H2,1-2H3. The van der Waals surface area contributed by atoms with Crippen molar-refractivity contribution in [1.29, 1.82) is 0 Å². The number of aromatic nitrogens is 1. The Labute approximate surface area is 85.9 Å². The first-order valence-electron chi connectivity index (χ1n) is 5.09. The van der Waals surface area contributed by atoms with Crippen molar-refractivity contribution in [2.45, 2.75) is 13.3 Å². The van der Waals surface area contributed by atoms with Crippen LogP contribution >= 0.6 is 0 Å². The van der Waals surface area contributed by atoms with Crippen LogP contribution in [0.5, 0.6) is 0 Å². The van der Waals surface area contributed by atoms with E-state index in [0.717, 1.165) is 25.2 Å². The quantitative estimate of drug-likeness (QED) is 0.770. The Bertz CT molecular complexity index is 244. The van der Waals surface area contributed by atoms with Crippen LogP contribution in [0.3, 0.4) is 0 Å². The van der Waals surface area contributed by atoms with E-state index in [1.54, 1.807) is 6.20 Å². The molecule has 2 N–H and O–H groups in total. The molecule has 3 heteroatoms. The van der Waals surface area contributed by atoms with E-state index >= 15 is 0 Å². The van der Waals surface area contributed by atoms with Gasteiger partial charge in [0.05, 0.1) is 11.9 Å². The first-order chi connectivity index (χ1) is 6.77. The van der Waals surface area contributed by atoms with E-state index in [-0.39, 0.29) is 0 Å². The van der Waals surface area contributed by atoms with Gasteiger partial charge in [-0.3, -0.25) is 4.98 Å². The van der Waals surface area contributed by atoms with Gasteiger partial charge in [-0.05, 0) is 24.6 Å². The molecule has 0 aliphatic rings. The molecule has 0 saturated heterocycles. The number of hydrogen-bond donors (Lipinski definition) is 1. The van der Waals surface area contributed by atoms with Crippen molar-refractivity contribution in [3.8, 4) is 0 Å². The van der Waals surface area contributed by atoms with Crippen molar-refractivity contribution >= 4 is 5.69 Å². The second-order valence-corrected chi connectivity index (χ2v) is 3.60. The van der Waals surface area contributed by atoms with Crippen LogP contribution in [0.2, 0.25) is 0 Å². The summed E-state index contributed by atoms with van der Waals surface area (Å²) in [5, 5.41) is 0. The lowest BCUT2D eigenvalue weighted by Gasteiger charge is -2.23. The highest BCUT2D eigenvalue weighted by atomic mass is 15.1. The Balaban J connectivity index is 2.54. The third-order valence-corrected chi connectivity index (χ3v) is 2.53. The fourth-order valence-electron chi connectivity index (χ4n) is 1.44. The third-order valence-electron chi connectivity index (χ3n) is 2.53. The van der Waals surface area contributed by atoms with Gasteiger partial charge < -0.3 is 10.6 Å². The van der Waals surface area contributed by atoms with Gasteiger partial charge in [0.25, 0.3) is 0 Å². The van der Waals surface area contributed by atoms with Crippen LogP contribution in [0.15, 0.2) is 24.5 Å². The predicted octanol–water partition coefficient (Wildman–Crippen LogP) is 1.50. The summed E-state index contributed by atoms with van der Waals surface area (Å²) >= 11 is 0. The molecule has 0 aromatic carbocycles. The molecule has 1 atom stereocenters. The highest BCUT2D eigenvalue weighted by Crippen LogP contribution is 2.12. The molecule has 1 aromatic heterocycles. The number of nitrogens with zero attached hydrogens (tertiary/aromatic N) is 2. The molecule has 3 nitrogen and oxygen atoms in total. The maximum Gasteiger partial charge on any atom is 0.0550 e. The summed E-state index contributed by atoms with van der Waals surface area (Å²) in [6.07, 6.45) is 4.79. The van der Waals surface area contributed by atoms with Crippen molar-refractivity contribution in [2.75, 3.05) is 25.0 Å². The van der Waals surface area contributed by atoms with Gasteiger partial charge in [0.1, 0.15) is 0 Å². The molecule has 0 amide bonds. The highest BCUT2D eigenvalue weighted by Gasteiger charge is 2.07. The van der Waals surface area contributed by atoms with Crippen molar-refractivity contribution < 1.29 is 0 Å². The minimum absolute atomic E-state index is 0.570. The van der Waals surface area contributed by atoms with Crippen LogP contribution in [0.25, 0.3) is 0 Å². The highest BCUT2D eigenvalue weighted by molar-refractivity contribution is 5.42. The number of hydrogen-bond acceptors (Lipinski definition) is 3. The van der Waals surface area contributed by atoms with E-state index in [0.29, 0.717) is 5.92 Å². The summed E-state index contributed by atoms with van der Waals surface area (Å²) in [5.74, 6) is 0.570. The molecule has 1 aromatic rings. The zero-order valence-electron chi connectivity index (χ0n) is 8.98. The van der Waals surface area contributed by atoms with Crippen molar-refractivity contribution in [1.82, 2.24) is 4.98 Å². The molecule has 1 unspecified atom stereocenters. The van der Waals surface area contributed by atoms with Gasteiger partial charge in [0.2, 0.25) is 0 Å². The monoisotopic (exact) mass is 193 g/mol. The predicted molar refractivity (Wildman–Crippen MR) is 60.3 cm³/mol. The fourth-order valence-corrected chi connectivity index (χ4v) is 1.44. The van der Waals surface area contributed by atoms with Crippen LogP contribution in [0, 0.1) is 5.92 Å². The van der Waals surface area contributed by atoms with Crippen LogP contribution in [0.4, 0.5) is 5.69 Å². The van der Waals surface area contributed by atoms with Crippen molar-refractivity contribution in [3.63, 3.8) is 0 Å². The third kappa shape index (κ3) is 3.00. The summed E-state index contributed by atoms with van der Waals surface area (Å²) in [6, 6.07) is 4.02. The lowest BCUT2D eigenvalue weighted by Crippen LogP contribution is -2.29. The largest absolute Gasteiger partial charge is 0.373 e. The van der Waals surface area contributed by atoms with Gasteiger partial charge >= 0.3 is 0 Å². The Hall–Kier alpha value is -1.09. The van der Waals surface area contributed by atoms with Gasteiger partial charge in [-0.1, -0.05) is 13.3 Å². The van der Waals surface area contributed by atoms with E-state index in [1.807, 2.05) is 12.3 Å². The maximum atomic E-state index is 5.67. The van der Waals surface area contributed by atoms with Gasteiger partial charge in [-0.15, -0.1) is 0 Å². The lowest BCUT2D eigenvalue weighted by atomic mass is 10.1. The Morgan fingerprint density at radius 3 is 2.86 bits per heavy atom. The second-order valence-electron chi connectivity index (χ2n) is 3.60. The zero-order valence-corrected chi connectivity index (χ0v) is 8.98. The molecule has 1 heterocycles. The molecule has 0 spiro atoms. The summed E-state index contributed by atoms with van der Waals surface area (Å²) in [7, 11) is 2.08. The summed E-state index contributed by atoms with van der Waals surface area (Å²) in [6.45, 7) is 3.93. The van der Waals surface area contributed by atoms with Gasteiger partial charge in [0.15, 0.2) is 0 Å². The fraction of sp³-hybridized carbons (Fsp3) is 0.545. The maximum absolute atomic E-state index is 5.67. The number of anilines is 1. The zero-order chi connectivity index (χ0) is 10.4. The molecule has 0 saturated carbocycles. The van der Waals surface area contributed by atoms with Gasteiger partial charge in [0, 0.05) is 19.8 Å². The number of pyridine rings is 1. The minimum Gasteiger partial charge on any atom is -0.373 e. The molecule has 0 bridgehead atoms. The first-order valence-corrected chi connectivity index (χ1v) is 5.09.